The van der Waals surface area contributed by atoms with Gasteiger partial charge >= 0.3 is 6.18 Å². The van der Waals surface area contributed by atoms with Crippen molar-refractivity contribution in [2.45, 2.75) is 6.18 Å². The van der Waals surface area contributed by atoms with Crippen LogP contribution in [0.5, 0.6) is 5.75 Å². The van der Waals surface area contributed by atoms with E-state index in [0.29, 0.717) is 17.0 Å². The molecule has 0 atom stereocenters. The van der Waals surface area contributed by atoms with Crippen LogP contribution in [-0.2, 0) is 6.18 Å². The molecule has 0 aliphatic heterocycles. The van der Waals surface area contributed by atoms with Crippen molar-refractivity contribution in [2.75, 3.05) is 17.7 Å². The van der Waals surface area contributed by atoms with Crippen LogP contribution in [0.3, 0.4) is 0 Å². The van der Waals surface area contributed by atoms with Crippen LogP contribution >= 0.6 is 0 Å². The summed E-state index contributed by atoms with van der Waals surface area (Å²) in [5, 5.41) is 6.97. The number of benzene rings is 4. The third kappa shape index (κ3) is 5.01. The first-order valence-electron chi connectivity index (χ1n) is 10.2. The maximum Gasteiger partial charge on any atom is 0.416 e. The second-order valence-corrected chi connectivity index (χ2v) is 7.47. The molecule has 0 saturated heterocycles. The Morgan fingerprint density at radius 3 is 2.03 bits per heavy atom. The summed E-state index contributed by atoms with van der Waals surface area (Å²) in [6.45, 7) is 0. The van der Waals surface area contributed by atoms with Gasteiger partial charge in [-0.25, -0.2) is 0 Å². The maximum absolute atomic E-state index is 12.9. The molecule has 4 aromatic rings. The van der Waals surface area contributed by atoms with Crippen LogP contribution in [0.25, 0.3) is 10.8 Å². The van der Waals surface area contributed by atoms with Gasteiger partial charge in [-0.1, -0.05) is 36.4 Å². The van der Waals surface area contributed by atoms with E-state index in [-0.39, 0.29) is 11.3 Å². The van der Waals surface area contributed by atoms with E-state index in [1.165, 1.54) is 31.4 Å². The van der Waals surface area contributed by atoms with Crippen LogP contribution in [0.15, 0.2) is 84.9 Å². The number of methoxy groups -OCH3 is 1. The molecule has 4 rings (SSSR count). The Morgan fingerprint density at radius 1 is 0.735 bits per heavy atom. The highest BCUT2D eigenvalue weighted by Gasteiger charge is 2.30. The van der Waals surface area contributed by atoms with E-state index >= 15 is 0 Å². The van der Waals surface area contributed by atoms with Gasteiger partial charge in [-0.15, -0.1) is 0 Å². The predicted octanol–water partition coefficient (Wildman–Crippen LogP) is 6.37. The van der Waals surface area contributed by atoms with Gasteiger partial charge in [-0.2, -0.15) is 13.2 Å². The van der Waals surface area contributed by atoms with Crippen LogP contribution in [-0.4, -0.2) is 18.9 Å². The van der Waals surface area contributed by atoms with Gasteiger partial charge in [0.05, 0.1) is 18.2 Å². The van der Waals surface area contributed by atoms with Gasteiger partial charge in [0.1, 0.15) is 5.75 Å². The van der Waals surface area contributed by atoms with Crippen LogP contribution in [0.2, 0.25) is 0 Å². The molecular weight excluding hydrogens is 445 g/mol. The van der Waals surface area contributed by atoms with Gasteiger partial charge in [0.15, 0.2) is 0 Å². The number of amides is 2. The molecule has 0 spiro atoms. The summed E-state index contributed by atoms with van der Waals surface area (Å²) in [6.07, 6.45) is -4.52. The summed E-state index contributed by atoms with van der Waals surface area (Å²) in [7, 11) is 1.47. The zero-order valence-electron chi connectivity index (χ0n) is 17.9. The molecular formula is C26H19F3N2O3. The van der Waals surface area contributed by atoms with Gasteiger partial charge in [-0.05, 0) is 59.3 Å². The Kier molecular flexibility index (Phi) is 6.23. The number of halogens is 3. The van der Waals surface area contributed by atoms with E-state index in [2.05, 4.69) is 10.6 Å². The van der Waals surface area contributed by atoms with Gasteiger partial charge in [0.2, 0.25) is 0 Å². The van der Waals surface area contributed by atoms with Crippen LogP contribution in [0.1, 0.15) is 26.3 Å². The molecule has 0 saturated carbocycles. The standard InChI is InChI=1S/C26H19F3N2O3/c1-34-23-14-17-7-3-2-6-16(17)13-22(23)25(33)31-20-10-4-8-18(12-20)24(32)30-21-11-5-9-19(15-21)26(27,28)29/h2-15H,1H3,(H,30,32)(H,31,33). The van der Waals surface area contributed by atoms with Crippen molar-refractivity contribution in [3.8, 4) is 5.75 Å². The molecule has 0 aliphatic carbocycles. The summed E-state index contributed by atoms with van der Waals surface area (Å²) >= 11 is 0. The normalized spacial score (nSPS) is 11.2. The van der Waals surface area contributed by atoms with Crippen molar-refractivity contribution in [1.82, 2.24) is 0 Å². The van der Waals surface area contributed by atoms with E-state index in [4.69, 9.17) is 4.74 Å². The second-order valence-electron chi connectivity index (χ2n) is 7.47. The van der Waals surface area contributed by atoms with Crippen molar-refractivity contribution in [2.24, 2.45) is 0 Å². The predicted molar refractivity (Wildman–Crippen MR) is 124 cm³/mol. The SMILES string of the molecule is COc1cc2ccccc2cc1C(=O)Nc1cccc(C(=O)Nc2cccc(C(F)(F)F)c2)c1. The second kappa shape index (κ2) is 9.27. The van der Waals surface area contributed by atoms with Gasteiger partial charge < -0.3 is 15.4 Å². The highest BCUT2D eigenvalue weighted by Crippen LogP contribution is 2.31. The maximum atomic E-state index is 12.9. The average Bonchev–Trinajstić information content (AvgIpc) is 2.83. The number of fused-ring (bicyclic) bond motifs is 1. The molecule has 172 valence electrons. The monoisotopic (exact) mass is 464 g/mol. The number of carbonyl (C=O) groups excluding carboxylic acids is 2. The summed E-state index contributed by atoms with van der Waals surface area (Å²) in [5.41, 5.74) is -0.0246. The fourth-order valence-corrected chi connectivity index (χ4v) is 3.48. The molecule has 0 aromatic heterocycles. The Balaban J connectivity index is 1.53. The molecule has 4 aromatic carbocycles. The minimum atomic E-state index is -4.52. The third-order valence-corrected chi connectivity index (χ3v) is 5.14. The van der Waals surface area contributed by atoms with Gasteiger partial charge in [0, 0.05) is 16.9 Å². The van der Waals surface area contributed by atoms with Crippen molar-refractivity contribution in [3.05, 3.63) is 102 Å². The highest BCUT2D eigenvalue weighted by molar-refractivity contribution is 6.10. The first-order chi connectivity index (χ1) is 16.2. The zero-order valence-corrected chi connectivity index (χ0v) is 17.9. The molecule has 0 radical (unpaired) electrons. The molecule has 0 fully saturated rings. The van der Waals surface area contributed by atoms with E-state index in [9.17, 15) is 22.8 Å². The molecule has 8 heteroatoms. The quantitative estimate of drug-likeness (QED) is 0.361. The van der Waals surface area contributed by atoms with Crippen molar-refractivity contribution in [3.63, 3.8) is 0 Å². The number of anilines is 2. The fourth-order valence-electron chi connectivity index (χ4n) is 3.48. The Bertz CT molecular complexity index is 1380. The van der Waals surface area contributed by atoms with E-state index in [1.807, 2.05) is 24.3 Å². The van der Waals surface area contributed by atoms with Crippen molar-refractivity contribution < 1.29 is 27.5 Å². The molecule has 2 amide bonds. The van der Waals surface area contributed by atoms with Gasteiger partial charge in [-0.3, -0.25) is 9.59 Å². The fraction of sp³-hybridized carbons (Fsp3) is 0.0769. The highest BCUT2D eigenvalue weighted by atomic mass is 19.4. The lowest BCUT2D eigenvalue weighted by atomic mass is 10.0. The average molecular weight is 464 g/mol. The number of hydrogen-bond acceptors (Lipinski definition) is 3. The number of nitrogens with one attached hydrogen (secondary N) is 2. The van der Waals surface area contributed by atoms with E-state index in [0.717, 1.165) is 22.9 Å². The molecule has 2 N–H and O–H groups in total. The molecule has 0 unspecified atom stereocenters. The summed E-state index contributed by atoms with van der Waals surface area (Å²) in [5.74, 6) is -0.647. The summed E-state index contributed by atoms with van der Waals surface area (Å²) in [6, 6.07) is 21.5. The lowest BCUT2D eigenvalue weighted by Crippen LogP contribution is -2.15. The molecule has 34 heavy (non-hydrogen) atoms. The Labute approximate surface area is 193 Å². The molecule has 0 aliphatic rings. The minimum absolute atomic E-state index is 0.00941. The Hall–Kier alpha value is -4.33. The van der Waals surface area contributed by atoms with Crippen LogP contribution in [0, 0.1) is 0 Å². The lowest BCUT2D eigenvalue weighted by Gasteiger charge is -2.12. The van der Waals surface area contributed by atoms with Crippen molar-refractivity contribution in [1.29, 1.82) is 0 Å². The number of ether oxygens (including phenoxy) is 1. The topological polar surface area (TPSA) is 67.4 Å². The smallest absolute Gasteiger partial charge is 0.416 e. The lowest BCUT2D eigenvalue weighted by molar-refractivity contribution is -0.137. The van der Waals surface area contributed by atoms with E-state index in [1.54, 1.807) is 24.3 Å². The number of hydrogen-bond donors (Lipinski definition) is 2. The number of carbonyl (C=O) groups is 2. The minimum Gasteiger partial charge on any atom is -0.496 e. The molecule has 5 nitrogen and oxygen atoms in total. The van der Waals surface area contributed by atoms with Crippen LogP contribution < -0.4 is 15.4 Å². The number of rotatable bonds is 5. The largest absolute Gasteiger partial charge is 0.496 e. The van der Waals surface area contributed by atoms with Crippen LogP contribution in [0.4, 0.5) is 24.5 Å². The van der Waals surface area contributed by atoms with E-state index < -0.39 is 23.6 Å². The molecule has 0 bridgehead atoms. The van der Waals surface area contributed by atoms with Crippen molar-refractivity contribution >= 4 is 34.0 Å². The zero-order chi connectivity index (χ0) is 24.3. The Morgan fingerprint density at radius 2 is 1.35 bits per heavy atom. The third-order valence-electron chi connectivity index (χ3n) is 5.14. The molecule has 0 heterocycles. The van der Waals surface area contributed by atoms with Gasteiger partial charge in [0.25, 0.3) is 11.8 Å². The summed E-state index contributed by atoms with van der Waals surface area (Å²) < 4.78 is 44.1. The first kappa shape index (κ1) is 22.8. The number of alkyl halides is 3. The first-order valence-corrected chi connectivity index (χ1v) is 10.2. The summed E-state index contributed by atoms with van der Waals surface area (Å²) in [4.78, 5) is 25.5.